The lowest BCUT2D eigenvalue weighted by Crippen LogP contribution is -2.39. The average Bonchev–Trinajstić information content (AvgIpc) is 3.08. The molecular weight excluding hydrogens is 448 g/mol. The van der Waals surface area contributed by atoms with E-state index >= 15 is 0 Å². The fourth-order valence-electron chi connectivity index (χ4n) is 3.63. The largest absolute Gasteiger partial charge is 0.497 e. The van der Waals surface area contributed by atoms with Crippen LogP contribution in [-0.4, -0.2) is 24.3 Å². The molecule has 4 rings (SSSR count). The number of halogens is 1. The number of aromatic nitrogens is 1. The van der Waals surface area contributed by atoms with Gasteiger partial charge in [-0.05, 0) is 55.3 Å². The first-order valence-corrected chi connectivity index (χ1v) is 11.2. The molecule has 1 atom stereocenters. The van der Waals surface area contributed by atoms with Gasteiger partial charge in [-0.3, -0.25) is 9.36 Å². The second-order valence-electron chi connectivity index (χ2n) is 7.13. The monoisotopic (exact) mass is 468 g/mol. The van der Waals surface area contributed by atoms with E-state index in [2.05, 4.69) is 4.99 Å². The summed E-state index contributed by atoms with van der Waals surface area (Å²) in [5, 5.41) is 0.567. The molecule has 0 spiro atoms. The van der Waals surface area contributed by atoms with E-state index in [4.69, 9.17) is 21.1 Å². The van der Waals surface area contributed by atoms with Crippen molar-refractivity contribution in [1.82, 2.24) is 4.57 Å². The van der Waals surface area contributed by atoms with Gasteiger partial charge in [-0.2, -0.15) is 0 Å². The van der Waals surface area contributed by atoms with Crippen molar-refractivity contribution in [2.45, 2.75) is 19.9 Å². The van der Waals surface area contributed by atoms with Gasteiger partial charge in [0, 0.05) is 5.02 Å². The van der Waals surface area contributed by atoms with Crippen LogP contribution >= 0.6 is 22.9 Å². The Balaban J connectivity index is 1.94. The van der Waals surface area contributed by atoms with Crippen molar-refractivity contribution >= 4 is 35.0 Å². The highest BCUT2D eigenvalue weighted by Gasteiger charge is 2.33. The molecule has 0 saturated carbocycles. The number of benzene rings is 2. The second kappa shape index (κ2) is 9.14. The maximum absolute atomic E-state index is 13.5. The fourth-order valence-corrected chi connectivity index (χ4v) is 4.81. The third kappa shape index (κ3) is 4.13. The molecule has 1 aliphatic rings. The summed E-state index contributed by atoms with van der Waals surface area (Å²) in [6.07, 6.45) is 1.80. The molecule has 0 saturated heterocycles. The zero-order valence-electron chi connectivity index (χ0n) is 17.8. The van der Waals surface area contributed by atoms with Crippen LogP contribution < -0.4 is 19.6 Å². The van der Waals surface area contributed by atoms with Gasteiger partial charge in [-0.1, -0.05) is 47.2 Å². The van der Waals surface area contributed by atoms with E-state index in [0.29, 0.717) is 31.4 Å². The first-order valence-electron chi connectivity index (χ1n) is 10.0. The molecule has 8 heteroatoms. The normalized spacial score (nSPS) is 15.9. The molecule has 2 aromatic carbocycles. The molecular formula is C24H21ClN2O4S. The van der Waals surface area contributed by atoms with E-state index in [1.807, 2.05) is 36.4 Å². The van der Waals surface area contributed by atoms with Crippen molar-refractivity contribution in [1.29, 1.82) is 0 Å². The summed E-state index contributed by atoms with van der Waals surface area (Å²) in [5.74, 6) is 0.210. The summed E-state index contributed by atoms with van der Waals surface area (Å²) in [6, 6.07) is 13.9. The Morgan fingerprint density at radius 1 is 1.25 bits per heavy atom. The van der Waals surface area contributed by atoms with Crippen LogP contribution in [0.15, 0.2) is 69.6 Å². The fraction of sp³-hybridized carbons (Fsp3) is 0.208. The Morgan fingerprint density at radius 3 is 2.69 bits per heavy atom. The molecule has 0 amide bonds. The zero-order valence-corrected chi connectivity index (χ0v) is 19.4. The van der Waals surface area contributed by atoms with Crippen LogP contribution in [0.2, 0.25) is 5.02 Å². The number of thiazole rings is 1. The molecule has 6 nitrogen and oxygen atoms in total. The highest BCUT2D eigenvalue weighted by atomic mass is 35.5. The SMILES string of the molecule is CCOC(=O)C1=C(C)N=c2s/c(=C\c3cccc(OC)c3)c(=O)n2[C@H]1c1ccc(Cl)cc1. The van der Waals surface area contributed by atoms with Crippen molar-refractivity contribution in [2.75, 3.05) is 13.7 Å². The highest BCUT2D eigenvalue weighted by Crippen LogP contribution is 2.31. The number of methoxy groups -OCH3 is 1. The number of rotatable bonds is 5. The number of esters is 1. The number of allylic oxidation sites excluding steroid dienone is 1. The van der Waals surface area contributed by atoms with E-state index in [1.165, 1.54) is 11.3 Å². The zero-order chi connectivity index (χ0) is 22.8. The van der Waals surface area contributed by atoms with E-state index in [0.717, 1.165) is 11.1 Å². The van der Waals surface area contributed by atoms with E-state index < -0.39 is 12.0 Å². The first-order chi connectivity index (χ1) is 15.4. The lowest BCUT2D eigenvalue weighted by atomic mass is 9.96. The van der Waals surface area contributed by atoms with Crippen LogP contribution in [0, 0.1) is 0 Å². The third-order valence-corrected chi connectivity index (χ3v) is 6.33. The molecule has 0 aliphatic carbocycles. The molecule has 1 aromatic heterocycles. The molecule has 0 unspecified atom stereocenters. The highest BCUT2D eigenvalue weighted by molar-refractivity contribution is 7.07. The van der Waals surface area contributed by atoms with Gasteiger partial charge in [-0.25, -0.2) is 9.79 Å². The van der Waals surface area contributed by atoms with E-state index in [1.54, 1.807) is 43.7 Å². The lowest BCUT2D eigenvalue weighted by molar-refractivity contribution is -0.139. The topological polar surface area (TPSA) is 69.9 Å². The van der Waals surface area contributed by atoms with Gasteiger partial charge in [0.2, 0.25) is 0 Å². The summed E-state index contributed by atoms with van der Waals surface area (Å²) in [6.45, 7) is 3.73. The minimum Gasteiger partial charge on any atom is -0.497 e. The van der Waals surface area contributed by atoms with Gasteiger partial charge in [0.15, 0.2) is 4.80 Å². The van der Waals surface area contributed by atoms with Crippen LogP contribution in [0.4, 0.5) is 0 Å². The lowest BCUT2D eigenvalue weighted by Gasteiger charge is -2.24. The van der Waals surface area contributed by atoms with Crippen LogP contribution in [0.1, 0.15) is 31.0 Å². The van der Waals surface area contributed by atoms with Crippen molar-refractivity contribution in [3.8, 4) is 5.75 Å². The van der Waals surface area contributed by atoms with Crippen molar-refractivity contribution in [2.24, 2.45) is 4.99 Å². The maximum Gasteiger partial charge on any atom is 0.338 e. The average molecular weight is 469 g/mol. The third-order valence-electron chi connectivity index (χ3n) is 5.09. The predicted molar refractivity (Wildman–Crippen MR) is 125 cm³/mol. The second-order valence-corrected chi connectivity index (χ2v) is 8.58. The van der Waals surface area contributed by atoms with Gasteiger partial charge >= 0.3 is 5.97 Å². The molecule has 0 fully saturated rings. The van der Waals surface area contributed by atoms with Crippen molar-refractivity contribution in [3.63, 3.8) is 0 Å². The molecule has 0 bridgehead atoms. The Kier molecular flexibility index (Phi) is 6.30. The molecule has 164 valence electrons. The van der Waals surface area contributed by atoms with Gasteiger partial charge < -0.3 is 9.47 Å². The number of fused-ring (bicyclic) bond motifs is 1. The van der Waals surface area contributed by atoms with Gasteiger partial charge in [0.05, 0.1) is 35.6 Å². The van der Waals surface area contributed by atoms with Gasteiger partial charge in [-0.15, -0.1) is 0 Å². The Hall–Kier alpha value is -3.16. The molecule has 0 N–H and O–H groups in total. The van der Waals surface area contributed by atoms with E-state index in [-0.39, 0.29) is 12.2 Å². The van der Waals surface area contributed by atoms with Gasteiger partial charge in [0.1, 0.15) is 5.75 Å². The minimum absolute atomic E-state index is 0.225. The minimum atomic E-state index is -0.657. The molecule has 2 heterocycles. The molecule has 32 heavy (non-hydrogen) atoms. The van der Waals surface area contributed by atoms with Crippen LogP contribution in [0.25, 0.3) is 6.08 Å². The summed E-state index contributed by atoms with van der Waals surface area (Å²) >= 11 is 7.35. The smallest absolute Gasteiger partial charge is 0.338 e. The molecule has 1 aliphatic heterocycles. The summed E-state index contributed by atoms with van der Waals surface area (Å²) in [5.41, 5.74) is 2.22. The molecule has 0 radical (unpaired) electrons. The number of ether oxygens (including phenoxy) is 2. The number of hydrogen-bond donors (Lipinski definition) is 0. The number of carbonyl (C=O) groups excluding carboxylic acids is 1. The quantitative estimate of drug-likeness (QED) is 0.538. The predicted octanol–water partition coefficient (Wildman–Crippen LogP) is 3.46. The van der Waals surface area contributed by atoms with Crippen molar-refractivity contribution < 1.29 is 14.3 Å². The van der Waals surface area contributed by atoms with E-state index in [9.17, 15) is 9.59 Å². The number of carbonyl (C=O) groups is 1. The maximum atomic E-state index is 13.5. The summed E-state index contributed by atoms with van der Waals surface area (Å²) in [7, 11) is 1.60. The Bertz CT molecular complexity index is 1390. The van der Waals surface area contributed by atoms with Crippen LogP contribution in [0.5, 0.6) is 5.75 Å². The molecule has 3 aromatic rings. The first kappa shape index (κ1) is 22.0. The standard InChI is InChI=1S/C24H21ClN2O4S/c1-4-31-23(29)20-14(2)26-24-27(21(20)16-8-10-17(25)11-9-16)22(28)19(32-24)13-15-6-5-7-18(12-15)30-3/h5-13,21H,4H2,1-3H3/b19-13-/t21-/m0/s1. The Morgan fingerprint density at radius 2 is 2.00 bits per heavy atom. The number of nitrogens with zero attached hydrogens (tertiary/aromatic N) is 2. The summed E-state index contributed by atoms with van der Waals surface area (Å²) in [4.78, 5) is 31.4. The van der Waals surface area contributed by atoms with Crippen LogP contribution in [-0.2, 0) is 9.53 Å². The van der Waals surface area contributed by atoms with Crippen LogP contribution in [0.3, 0.4) is 0 Å². The Labute approximate surface area is 193 Å². The summed E-state index contributed by atoms with van der Waals surface area (Å²) < 4.78 is 12.6. The van der Waals surface area contributed by atoms with Crippen molar-refractivity contribution in [3.05, 3.63) is 95.6 Å². The number of hydrogen-bond acceptors (Lipinski definition) is 6. The van der Waals surface area contributed by atoms with Gasteiger partial charge in [0.25, 0.3) is 5.56 Å².